The third-order valence-electron chi connectivity index (χ3n) is 5.52. The number of amides is 1. The molecule has 5 rings (SSSR count). The maximum absolute atomic E-state index is 13.4. The van der Waals surface area contributed by atoms with Crippen LogP contribution in [0.15, 0.2) is 103 Å². The quantitative estimate of drug-likeness (QED) is 0.164. The number of hydrogen-bond donors (Lipinski definition) is 2. The van der Waals surface area contributed by atoms with E-state index in [1.165, 1.54) is 0 Å². The maximum Gasteiger partial charge on any atom is 0.238 e. The second-order valence-corrected chi connectivity index (χ2v) is 10.6. The van der Waals surface area contributed by atoms with Gasteiger partial charge in [-0.1, -0.05) is 72.8 Å². The summed E-state index contributed by atoms with van der Waals surface area (Å²) in [6, 6.07) is 33.6. The molecule has 0 fully saturated rings. The lowest BCUT2D eigenvalue weighted by atomic mass is 9.90. The van der Waals surface area contributed by atoms with Crippen LogP contribution < -0.4 is 10.6 Å². The zero-order valence-corrected chi connectivity index (χ0v) is 22.2. The minimum atomic E-state index is -0.474. The van der Waals surface area contributed by atoms with Crippen LogP contribution >= 0.6 is 46.1 Å². The molecule has 35 heavy (non-hydrogen) atoms. The molecule has 172 valence electrons. The zero-order chi connectivity index (χ0) is 24.2. The molecule has 0 saturated carbocycles. The molecule has 7 heteroatoms. The Balaban J connectivity index is 1.40. The van der Waals surface area contributed by atoms with Crippen LogP contribution in [0, 0.1) is 3.57 Å². The predicted molar refractivity (Wildman–Crippen MR) is 157 cm³/mol. The summed E-state index contributed by atoms with van der Waals surface area (Å²) in [4.78, 5) is 18.2. The van der Waals surface area contributed by atoms with E-state index in [4.69, 9.17) is 17.2 Å². The fourth-order valence-electron chi connectivity index (χ4n) is 3.91. The Morgan fingerprint density at radius 3 is 2.14 bits per heavy atom. The second-order valence-electron chi connectivity index (χ2n) is 7.87. The number of carbonyl (C=O) groups is 1. The first-order valence-corrected chi connectivity index (χ1v) is 13.3. The van der Waals surface area contributed by atoms with E-state index in [0.29, 0.717) is 0 Å². The average Bonchev–Trinajstić information content (AvgIpc) is 3.31. The summed E-state index contributed by atoms with van der Waals surface area (Å²) in [5.41, 5.74) is 4.51. The molecule has 4 aromatic carbocycles. The van der Waals surface area contributed by atoms with Crippen molar-refractivity contribution in [2.75, 3.05) is 5.32 Å². The van der Waals surface area contributed by atoms with Crippen LogP contribution in [0.25, 0.3) is 20.8 Å². The number of halogens is 1. The van der Waals surface area contributed by atoms with E-state index in [-0.39, 0.29) is 11.0 Å². The van der Waals surface area contributed by atoms with Gasteiger partial charge in [-0.05, 0) is 76.3 Å². The number of para-hydroxylation sites is 1. The first kappa shape index (κ1) is 23.6. The number of carbonyl (C=O) groups excluding carboxylic acids is 1. The van der Waals surface area contributed by atoms with Gasteiger partial charge < -0.3 is 10.6 Å². The molecule has 4 nitrogen and oxygen atoms in total. The fourth-order valence-corrected chi connectivity index (χ4v) is 5.61. The smallest absolute Gasteiger partial charge is 0.238 e. The van der Waals surface area contributed by atoms with Crippen molar-refractivity contribution in [3.05, 3.63) is 118 Å². The van der Waals surface area contributed by atoms with Crippen molar-refractivity contribution in [1.29, 1.82) is 0 Å². The number of aromatic nitrogens is 1. The summed E-state index contributed by atoms with van der Waals surface area (Å²) in [5, 5.41) is 7.28. The number of benzene rings is 4. The van der Waals surface area contributed by atoms with E-state index < -0.39 is 5.92 Å². The lowest BCUT2D eigenvalue weighted by Crippen LogP contribution is -2.38. The van der Waals surface area contributed by atoms with Crippen LogP contribution in [-0.4, -0.2) is 16.0 Å². The Morgan fingerprint density at radius 2 is 1.49 bits per heavy atom. The van der Waals surface area contributed by atoms with Gasteiger partial charge >= 0.3 is 0 Å². The number of nitrogens with one attached hydrogen (secondary N) is 2. The molecule has 0 atom stereocenters. The van der Waals surface area contributed by atoms with E-state index in [2.05, 4.69) is 45.4 Å². The lowest BCUT2D eigenvalue weighted by molar-refractivity contribution is -0.120. The molecule has 0 aliphatic heterocycles. The molecule has 1 aromatic heterocycles. The van der Waals surface area contributed by atoms with E-state index in [9.17, 15) is 4.79 Å². The molecule has 0 bridgehead atoms. The highest BCUT2D eigenvalue weighted by Crippen LogP contribution is 2.35. The highest BCUT2D eigenvalue weighted by atomic mass is 127. The molecule has 0 radical (unpaired) electrons. The number of thiocarbonyl (C=S) groups is 1. The van der Waals surface area contributed by atoms with Crippen LogP contribution in [0.5, 0.6) is 0 Å². The highest BCUT2D eigenvalue weighted by Gasteiger charge is 2.23. The second kappa shape index (κ2) is 10.6. The third kappa shape index (κ3) is 5.42. The van der Waals surface area contributed by atoms with Crippen molar-refractivity contribution in [3.8, 4) is 10.6 Å². The summed E-state index contributed by atoms with van der Waals surface area (Å²) in [6.07, 6.45) is 0. The summed E-state index contributed by atoms with van der Waals surface area (Å²) in [6.45, 7) is 0. The number of rotatable bonds is 5. The largest absolute Gasteiger partial charge is 0.332 e. The van der Waals surface area contributed by atoms with Gasteiger partial charge in [0.05, 0.1) is 21.8 Å². The highest BCUT2D eigenvalue weighted by molar-refractivity contribution is 14.1. The summed E-state index contributed by atoms with van der Waals surface area (Å²) in [7, 11) is 0. The number of fused-ring (bicyclic) bond motifs is 1. The SMILES string of the molecule is O=C(NC(=S)Nc1ccc(I)cc1-c1nc2ccccc2s1)C(c1ccccc1)c1ccccc1. The third-order valence-corrected chi connectivity index (χ3v) is 7.46. The number of nitrogens with zero attached hydrogens (tertiary/aromatic N) is 1. The number of anilines is 1. The van der Waals surface area contributed by atoms with Gasteiger partial charge in [-0.25, -0.2) is 4.98 Å². The lowest BCUT2D eigenvalue weighted by Gasteiger charge is -2.19. The van der Waals surface area contributed by atoms with Crippen molar-refractivity contribution in [1.82, 2.24) is 10.3 Å². The molecular weight excluding hydrogens is 585 g/mol. The first-order chi connectivity index (χ1) is 17.1. The minimum absolute atomic E-state index is 0.188. The average molecular weight is 606 g/mol. The Hall–Kier alpha value is -3.14. The Bertz CT molecular complexity index is 1430. The van der Waals surface area contributed by atoms with Gasteiger partial charge in [-0.3, -0.25) is 4.79 Å². The van der Waals surface area contributed by atoms with Crippen LogP contribution in [0.1, 0.15) is 17.0 Å². The molecule has 0 unspecified atom stereocenters. The predicted octanol–water partition coefficient (Wildman–Crippen LogP) is 7.21. The van der Waals surface area contributed by atoms with Gasteiger partial charge in [0.25, 0.3) is 0 Å². The fraction of sp³-hybridized carbons (Fsp3) is 0.0357. The molecule has 0 aliphatic rings. The van der Waals surface area contributed by atoms with Gasteiger partial charge in [0.15, 0.2) is 5.11 Å². The topological polar surface area (TPSA) is 54.0 Å². The van der Waals surface area contributed by atoms with Gasteiger partial charge in [0, 0.05) is 9.13 Å². The summed E-state index contributed by atoms with van der Waals surface area (Å²) in [5.74, 6) is -0.662. The zero-order valence-electron chi connectivity index (χ0n) is 18.4. The molecule has 1 heterocycles. The van der Waals surface area contributed by atoms with Crippen molar-refractivity contribution in [2.45, 2.75) is 5.92 Å². The van der Waals surface area contributed by atoms with Crippen molar-refractivity contribution < 1.29 is 4.79 Å². The van der Waals surface area contributed by atoms with Gasteiger partial charge in [0.2, 0.25) is 5.91 Å². The van der Waals surface area contributed by atoms with E-state index in [1.54, 1.807) is 11.3 Å². The molecule has 0 aliphatic carbocycles. The Kier molecular flexibility index (Phi) is 7.17. The molecular formula is C28H20IN3OS2. The van der Waals surface area contributed by atoms with Gasteiger partial charge in [-0.2, -0.15) is 0 Å². The monoisotopic (exact) mass is 605 g/mol. The summed E-state index contributed by atoms with van der Waals surface area (Å²) < 4.78 is 2.21. The van der Waals surface area contributed by atoms with E-state index >= 15 is 0 Å². The van der Waals surface area contributed by atoms with Crippen molar-refractivity contribution >= 4 is 73.1 Å². The van der Waals surface area contributed by atoms with Crippen LogP contribution in [0.3, 0.4) is 0 Å². The van der Waals surface area contributed by atoms with Crippen LogP contribution in [0.2, 0.25) is 0 Å². The Morgan fingerprint density at radius 1 is 0.857 bits per heavy atom. The molecule has 0 saturated heterocycles. The number of hydrogen-bond acceptors (Lipinski definition) is 4. The van der Waals surface area contributed by atoms with Crippen LogP contribution in [0.4, 0.5) is 5.69 Å². The normalized spacial score (nSPS) is 10.9. The van der Waals surface area contributed by atoms with Gasteiger partial charge in [0.1, 0.15) is 5.01 Å². The molecule has 0 spiro atoms. The van der Waals surface area contributed by atoms with E-state index in [1.807, 2.05) is 91.0 Å². The molecule has 5 aromatic rings. The maximum atomic E-state index is 13.4. The molecule has 1 amide bonds. The Labute approximate surface area is 226 Å². The van der Waals surface area contributed by atoms with Crippen LogP contribution in [-0.2, 0) is 4.79 Å². The van der Waals surface area contributed by atoms with Crippen molar-refractivity contribution in [2.24, 2.45) is 0 Å². The van der Waals surface area contributed by atoms with Crippen molar-refractivity contribution in [3.63, 3.8) is 0 Å². The molecule has 2 N–H and O–H groups in total. The minimum Gasteiger partial charge on any atom is -0.332 e. The van der Waals surface area contributed by atoms with Gasteiger partial charge in [-0.15, -0.1) is 11.3 Å². The first-order valence-electron chi connectivity index (χ1n) is 11.0. The standard InChI is InChI=1S/C28H20IN3OS2/c29-20-15-16-22(21(17-20)27-30-23-13-7-8-14-24(23)35-27)31-28(34)32-26(33)25(18-9-3-1-4-10-18)19-11-5-2-6-12-19/h1-17,25H,(H2,31,32,33,34). The summed E-state index contributed by atoms with van der Waals surface area (Å²) >= 11 is 9.49. The van der Waals surface area contributed by atoms with E-state index in [0.717, 1.165) is 41.2 Å². The number of thiazole rings is 1.